The van der Waals surface area contributed by atoms with Crippen molar-refractivity contribution in [3.63, 3.8) is 0 Å². The molecule has 0 radical (unpaired) electrons. The molecule has 5 fully saturated rings. The molecule has 0 amide bonds. The fourth-order valence-electron chi connectivity index (χ4n) is 6.51. The molecule has 2 saturated carbocycles. The van der Waals surface area contributed by atoms with Gasteiger partial charge in [0.15, 0.2) is 0 Å². The van der Waals surface area contributed by atoms with Crippen LogP contribution in [-0.2, 0) is 19.0 Å². The van der Waals surface area contributed by atoms with Gasteiger partial charge in [-0.1, -0.05) is 6.92 Å². The van der Waals surface area contributed by atoms with Crippen molar-refractivity contribution in [3.8, 4) is 0 Å². The van der Waals surface area contributed by atoms with E-state index in [1.54, 1.807) is 0 Å². The van der Waals surface area contributed by atoms with E-state index in [1.807, 2.05) is 0 Å². The summed E-state index contributed by atoms with van der Waals surface area (Å²) in [5.74, 6) is 1.01. The highest BCUT2D eigenvalue weighted by atomic mass is 16.6. The van der Waals surface area contributed by atoms with Crippen molar-refractivity contribution < 1.29 is 19.0 Å². The van der Waals surface area contributed by atoms with E-state index in [2.05, 4.69) is 17.1 Å². The van der Waals surface area contributed by atoms with Crippen LogP contribution in [-0.4, -0.2) is 75.1 Å². The van der Waals surface area contributed by atoms with Gasteiger partial charge in [0.25, 0.3) is 0 Å². The average Bonchev–Trinajstić information content (AvgIpc) is 3.36. The quantitative estimate of drug-likeness (QED) is 0.444. The average molecular weight is 379 g/mol. The predicted molar refractivity (Wildman–Crippen MR) is 100 cm³/mol. The van der Waals surface area contributed by atoms with Crippen molar-refractivity contribution in [2.45, 2.75) is 50.7 Å². The number of epoxide rings is 1. The van der Waals surface area contributed by atoms with Crippen molar-refractivity contribution in [1.82, 2.24) is 10.2 Å². The molecule has 0 unspecified atom stereocenters. The zero-order valence-corrected chi connectivity index (χ0v) is 16.6. The van der Waals surface area contributed by atoms with Gasteiger partial charge in [0.2, 0.25) is 0 Å². The Kier molecular flexibility index (Phi) is 4.74. The summed E-state index contributed by atoms with van der Waals surface area (Å²) in [4.78, 5) is 15.0. The molecule has 5 aliphatic rings. The molecular formula is C21H34N2O4. The number of rotatable bonds is 5. The van der Waals surface area contributed by atoms with Crippen LogP contribution in [0.25, 0.3) is 0 Å². The number of esters is 1. The molecule has 0 aromatic heterocycles. The number of hydrogen-bond donors (Lipinski definition) is 1. The topological polar surface area (TPSA) is 63.3 Å². The molecule has 6 nitrogen and oxygen atoms in total. The summed E-state index contributed by atoms with van der Waals surface area (Å²) in [5, 5.41) is 3.54. The van der Waals surface area contributed by atoms with Crippen molar-refractivity contribution in [2.75, 3.05) is 52.5 Å². The van der Waals surface area contributed by atoms with Crippen LogP contribution in [0.15, 0.2) is 0 Å². The molecule has 0 aromatic carbocycles. The van der Waals surface area contributed by atoms with Crippen molar-refractivity contribution in [2.24, 2.45) is 23.2 Å². The van der Waals surface area contributed by atoms with E-state index < -0.39 is 0 Å². The lowest BCUT2D eigenvalue weighted by Gasteiger charge is -2.51. The highest BCUT2D eigenvalue weighted by Gasteiger charge is 2.64. The standard InChI is InChI=1S/C21H34N2O4/c1-20-3-2-4-21(14-26-21)18(20)11-15-16(19(24)27-17(15)12-20)13-22-5-6-23-7-9-25-10-8-23/h15-18,22H,2-14H2,1H3/t15-,16-,17-,18-,20-,21+/m1/s1. The second-order valence-electron chi connectivity index (χ2n) is 9.76. The van der Waals surface area contributed by atoms with Crippen molar-refractivity contribution in [3.05, 3.63) is 0 Å². The third kappa shape index (κ3) is 3.33. The van der Waals surface area contributed by atoms with Crippen molar-refractivity contribution >= 4 is 5.97 Å². The Bertz CT molecular complexity index is 575. The lowest BCUT2D eigenvalue weighted by Crippen LogP contribution is -2.51. The smallest absolute Gasteiger partial charge is 0.310 e. The van der Waals surface area contributed by atoms with Gasteiger partial charge in [0.05, 0.1) is 31.3 Å². The maximum Gasteiger partial charge on any atom is 0.310 e. The Labute approximate surface area is 162 Å². The Hall–Kier alpha value is -0.690. The summed E-state index contributed by atoms with van der Waals surface area (Å²) < 4.78 is 17.3. The Morgan fingerprint density at radius 2 is 2.07 bits per heavy atom. The summed E-state index contributed by atoms with van der Waals surface area (Å²) >= 11 is 0. The molecule has 3 saturated heterocycles. The summed E-state index contributed by atoms with van der Waals surface area (Å²) in [6.07, 6.45) is 5.98. The van der Waals surface area contributed by atoms with Crippen LogP contribution in [0.4, 0.5) is 0 Å². The largest absolute Gasteiger partial charge is 0.462 e. The molecular weight excluding hydrogens is 344 g/mol. The molecule has 0 aromatic rings. The molecule has 27 heavy (non-hydrogen) atoms. The molecule has 1 N–H and O–H groups in total. The molecule has 6 heteroatoms. The Balaban J connectivity index is 1.18. The zero-order chi connectivity index (χ0) is 18.5. The van der Waals surface area contributed by atoms with E-state index in [9.17, 15) is 4.79 Å². The molecule has 1 spiro atoms. The second-order valence-corrected chi connectivity index (χ2v) is 9.76. The van der Waals surface area contributed by atoms with Gasteiger partial charge in [0, 0.05) is 38.6 Å². The van der Waals surface area contributed by atoms with E-state index in [0.29, 0.717) is 11.8 Å². The van der Waals surface area contributed by atoms with E-state index in [4.69, 9.17) is 14.2 Å². The maximum absolute atomic E-state index is 12.6. The van der Waals surface area contributed by atoms with E-state index in [1.165, 1.54) is 19.3 Å². The number of ether oxygens (including phenoxy) is 3. The minimum atomic E-state index is 0.0157. The first-order valence-electron chi connectivity index (χ1n) is 10.9. The first-order chi connectivity index (χ1) is 13.1. The number of nitrogens with one attached hydrogen (secondary N) is 1. The van der Waals surface area contributed by atoms with Crippen LogP contribution < -0.4 is 5.32 Å². The monoisotopic (exact) mass is 378 g/mol. The van der Waals surface area contributed by atoms with Crippen LogP contribution in [0.3, 0.4) is 0 Å². The van der Waals surface area contributed by atoms with Crippen molar-refractivity contribution in [1.29, 1.82) is 0 Å². The molecule has 2 aliphatic carbocycles. The molecule has 0 bridgehead atoms. The van der Waals surface area contributed by atoms with Gasteiger partial charge in [-0.05, 0) is 43.4 Å². The van der Waals surface area contributed by atoms with Gasteiger partial charge in [-0.15, -0.1) is 0 Å². The van der Waals surface area contributed by atoms with E-state index in [0.717, 1.165) is 65.4 Å². The number of carbonyl (C=O) groups excluding carboxylic acids is 1. The van der Waals surface area contributed by atoms with Gasteiger partial charge in [0.1, 0.15) is 6.10 Å². The number of carbonyl (C=O) groups is 1. The predicted octanol–water partition coefficient (Wildman–Crippen LogP) is 1.44. The molecule has 5 rings (SSSR count). The lowest BCUT2D eigenvalue weighted by atomic mass is 9.53. The summed E-state index contributed by atoms with van der Waals surface area (Å²) in [7, 11) is 0. The molecule has 152 valence electrons. The van der Waals surface area contributed by atoms with Crippen LogP contribution in [0.5, 0.6) is 0 Å². The number of morpholine rings is 1. The van der Waals surface area contributed by atoms with Crippen LogP contribution in [0, 0.1) is 23.2 Å². The first-order valence-corrected chi connectivity index (χ1v) is 10.9. The lowest BCUT2D eigenvalue weighted by molar-refractivity contribution is -0.147. The minimum Gasteiger partial charge on any atom is -0.462 e. The zero-order valence-electron chi connectivity index (χ0n) is 16.6. The molecule has 3 aliphatic heterocycles. The third-order valence-electron chi connectivity index (χ3n) is 8.15. The summed E-state index contributed by atoms with van der Waals surface area (Å²) in [6, 6.07) is 0. The van der Waals surface area contributed by atoms with Gasteiger partial charge < -0.3 is 19.5 Å². The van der Waals surface area contributed by atoms with E-state index >= 15 is 0 Å². The number of fused-ring (bicyclic) bond motifs is 3. The van der Waals surface area contributed by atoms with Crippen LogP contribution in [0.1, 0.15) is 39.0 Å². The highest BCUT2D eigenvalue weighted by Crippen LogP contribution is 2.62. The van der Waals surface area contributed by atoms with Crippen LogP contribution in [0.2, 0.25) is 0 Å². The van der Waals surface area contributed by atoms with Gasteiger partial charge in [-0.3, -0.25) is 9.69 Å². The summed E-state index contributed by atoms with van der Waals surface area (Å²) in [5.41, 5.74) is 0.423. The normalized spacial score (nSPS) is 46.8. The minimum absolute atomic E-state index is 0.0157. The highest BCUT2D eigenvalue weighted by molar-refractivity contribution is 5.75. The van der Waals surface area contributed by atoms with Gasteiger partial charge >= 0.3 is 5.97 Å². The Morgan fingerprint density at radius 3 is 2.85 bits per heavy atom. The van der Waals surface area contributed by atoms with Gasteiger partial charge in [-0.2, -0.15) is 0 Å². The van der Waals surface area contributed by atoms with E-state index in [-0.39, 0.29) is 29.0 Å². The SMILES string of the molecule is C[C@]12CCC[C@]3(CO3)[C@@H]1C[C@H]1[C@@H](C2)OC(=O)[C@@H]1CNCCN1CCOCC1. The fraction of sp³-hybridized carbons (Fsp3) is 0.952. The fourth-order valence-corrected chi connectivity index (χ4v) is 6.51. The first kappa shape index (κ1) is 18.3. The Morgan fingerprint density at radius 1 is 1.26 bits per heavy atom. The second kappa shape index (κ2) is 6.97. The molecule has 6 atom stereocenters. The maximum atomic E-state index is 12.6. The molecule has 3 heterocycles. The number of hydrogen-bond acceptors (Lipinski definition) is 6. The summed E-state index contributed by atoms with van der Waals surface area (Å²) in [6.45, 7) is 9.75. The third-order valence-corrected chi connectivity index (χ3v) is 8.15. The number of nitrogens with zero attached hydrogens (tertiary/aromatic N) is 1. The van der Waals surface area contributed by atoms with Crippen LogP contribution >= 0.6 is 0 Å². The van der Waals surface area contributed by atoms with Gasteiger partial charge in [-0.25, -0.2) is 0 Å².